The van der Waals surface area contributed by atoms with Crippen LogP contribution in [-0.4, -0.2) is 16.3 Å². The van der Waals surface area contributed by atoms with E-state index in [1.807, 2.05) is 12.3 Å². The Labute approximate surface area is 445 Å². The van der Waals surface area contributed by atoms with E-state index < -0.39 is 0 Å². The summed E-state index contributed by atoms with van der Waals surface area (Å²) >= 11 is 0. The summed E-state index contributed by atoms with van der Waals surface area (Å²) in [6.07, 6.45) is 1.93. The van der Waals surface area contributed by atoms with Gasteiger partial charge in [-0.15, -0.1) is 48.1 Å². The largest absolute Gasteiger partial charge is 0.509 e. The van der Waals surface area contributed by atoms with Crippen LogP contribution in [0.25, 0.3) is 49.9 Å². The Hall–Kier alpha value is -7.14. The number of hydrogen-bond donors (Lipinski definition) is 0. The minimum atomic E-state index is -0.0484. The molecule has 0 fully saturated rings. The van der Waals surface area contributed by atoms with Gasteiger partial charge in [0, 0.05) is 72.5 Å². The molecule has 0 radical (unpaired) electrons. The molecule has 8 aromatic carbocycles. The van der Waals surface area contributed by atoms with Crippen LogP contribution in [-0.2, 0) is 37.3 Å². The third-order valence-electron chi connectivity index (χ3n) is 14.6. The zero-order chi connectivity index (χ0) is 49.7. The van der Waals surface area contributed by atoms with E-state index >= 15 is 0 Å². The first-order valence-corrected chi connectivity index (χ1v) is 25.2. The molecule has 5 nitrogen and oxygen atoms in total. The number of nitrogens with zero attached hydrogens (tertiary/aromatic N) is 4. The Kier molecular flexibility index (Phi) is 11.9. The van der Waals surface area contributed by atoms with E-state index in [1.165, 1.54) is 55.0 Å². The van der Waals surface area contributed by atoms with E-state index in [-0.39, 0.29) is 44.0 Å². The van der Waals surface area contributed by atoms with Crippen LogP contribution in [0.15, 0.2) is 182 Å². The van der Waals surface area contributed by atoms with Crippen LogP contribution in [0.5, 0.6) is 11.5 Å². The summed E-state index contributed by atoms with van der Waals surface area (Å²) in [4.78, 5) is 9.61. The number of hydrogen-bond acceptors (Lipinski definition) is 4. The summed E-state index contributed by atoms with van der Waals surface area (Å²) in [5, 5.41) is 2.44. The summed E-state index contributed by atoms with van der Waals surface area (Å²) in [5.41, 5.74) is 18.3. The molecule has 0 bridgehead atoms. The van der Waals surface area contributed by atoms with E-state index in [0.29, 0.717) is 11.5 Å². The van der Waals surface area contributed by atoms with Gasteiger partial charge in [-0.2, -0.15) is 11.5 Å². The molecule has 0 saturated heterocycles. The standard InChI is InChI=1S/C66H58BN4O.Pt/c1-64(2,3)45-33-34-68-60(38-45)71-58-32-20-29-54-61(58)62-55(67(54)48-23-14-11-15-24-48)40-51(41-59(62)71)72-50-26-18-25-49(39-50)69-42-70(57-31-17-16-30-56(57)69)63-52(43-21-12-10-13-22-43)27-19-28-53(63)44-35-46(65(4,5)6)37-47(36-44)66(7,8)9;/h10-38,40,42H,1-9H3;/q-3;. The minimum Gasteiger partial charge on any atom is -0.509 e. The molecule has 7 heteroatoms. The Balaban J connectivity index is 0.00000574. The third kappa shape index (κ3) is 8.48. The molecular weight excluding hydrogens is 1070 g/mol. The van der Waals surface area contributed by atoms with E-state index in [0.717, 1.165) is 50.7 Å². The van der Waals surface area contributed by atoms with Gasteiger partial charge >= 0.3 is 0 Å². The summed E-state index contributed by atoms with van der Waals surface area (Å²) in [7, 11) is 0. The van der Waals surface area contributed by atoms with Gasteiger partial charge in [0.1, 0.15) is 5.82 Å². The predicted molar refractivity (Wildman–Crippen MR) is 302 cm³/mol. The zero-order valence-electron chi connectivity index (χ0n) is 43.0. The van der Waals surface area contributed by atoms with Gasteiger partial charge in [-0.25, -0.2) is 4.98 Å². The molecule has 4 heterocycles. The number of benzene rings is 8. The summed E-state index contributed by atoms with van der Waals surface area (Å²) in [5.74, 6) is 2.09. The maximum Gasteiger partial charge on any atom is 0.217 e. The van der Waals surface area contributed by atoms with Gasteiger partial charge in [-0.05, 0) is 74.4 Å². The molecule has 73 heavy (non-hydrogen) atoms. The van der Waals surface area contributed by atoms with Crippen LogP contribution in [0.1, 0.15) is 79.0 Å². The van der Waals surface area contributed by atoms with Crippen molar-refractivity contribution in [2.75, 3.05) is 9.80 Å². The maximum atomic E-state index is 7.00. The number of rotatable bonds is 8. The van der Waals surface area contributed by atoms with Crippen molar-refractivity contribution < 1.29 is 25.8 Å². The van der Waals surface area contributed by atoms with Gasteiger partial charge in [0.15, 0.2) is 0 Å². The van der Waals surface area contributed by atoms with E-state index in [2.05, 4.69) is 265 Å². The van der Waals surface area contributed by atoms with E-state index in [4.69, 9.17) is 9.72 Å². The van der Waals surface area contributed by atoms with Gasteiger partial charge < -0.3 is 19.1 Å². The van der Waals surface area contributed by atoms with Crippen LogP contribution < -0.4 is 30.9 Å². The number of anilines is 4. The molecule has 0 spiro atoms. The third-order valence-corrected chi connectivity index (χ3v) is 14.6. The molecule has 2 aliphatic rings. The van der Waals surface area contributed by atoms with E-state index in [9.17, 15) is 0 Å². The maximum absolute atomic E-state index is 7.00. The Morgan fingerprint density at radius 2 is 1.12 bits per heavy atom. The molecule has 0 N–H and O–H groups in total. The molecule has 2 aromatic heterocycles. The molecule has 364 valence electrons. The summed E-state index contributed by atoms with van der Waals surface area (Å²) in [6, 6.07) is 71.1. The van der Waals surface area contributed by atoms with Gasteiger partial charge in [-0.1, -0.05) is 205 Å². The smallest absolute Gasteiger partial charge is 0.217 e. The zero-order valence-corrected chi connectivity index (χ0v) is 45.3. The van der Waals surface area contributed by atoms with Crippen molar-refractivity contribution in [2.45, 2.75) is 78.6 Å². The Morgan fingerprint density at radius 1 is 0.507 bits per heavy atom. The van der Waals surface area contributed by atoms with Crippen LogP contribution in [0.4, 0.5) is 22.7 Å². The van der Waals surface area contributed by atoms with Crippen molar-refractivity contribution in [1.29, 1.82) is 0 Å². The molecule has 10 aromatic rings. The molecule has 0 amide bonds. The monoisotopic (exact) mass is 1130 g/mol. The van der Waals surface area contributed by atoms with Gasteiger partial charge in [0.25, 0.3) is 0 Å². The van der Waals surface area contributed by atoms with Crippen LogP contribution >= 0.6 is 0 Å². The minimum absolute atomic E-state index is 0. The van der Waals surface area contributed by atoms with Gasteiger partial charge in [-0.3, -0.25) is 0 Å². The first-order valence-electron chi connectivity index (χ1n) is 25.2. The Morgan fingerprint density at radius 3 is 1.81 bits per heavy atom. The average molecular weight is 1130 g/mol. The number of ether oxygens (including phenoxy) is 1. The fourth-order valence-electron chi connectivity index (χ4n) is 10.8. The van der Waals surface area contributed by atoms with Crippen molar-refractivity contribution in [3.05, 3.63) is 218 Å². The van der Waals surface area contributed by atoms with Crippen molar-refractivity contribution in [3.8, 4) is 39.6 Å². The first-order chi connectivity index (χ1) is 34.6. The van der Waals surface area contributed by atoms with Crippen molar-refractivity contribution in [3.63, 3.8) is 0 Å². The molecule has 0 atom stereocenters. The Bertz CT molecular complexity index is 3700. The number of pyridine rings is 1. The topological polar surface area (TPSA) is 33.5 Å². The number of para-hydroxylation sites is 3. The molecular formula is C66H58BN4OPt-3. The molecule has 0 unspecified atom stereocenters. The van der Waals surface area contributed by atoms with Crippen LogP contribution in [0.2, 0.25) is 0 Å². The predicted octanol–water partition coefficient (Wildman–Crippen LogP) is 15.0. The first kappa shape index (κ1) is 48.1. The van der Waals surface area contributed by atoms with Crippen molar-refractivity contribution in [1.82, 2.24) is 9.55 Å². The molecule has 0 aliphatic carbocycles. The van der Waals surface area contributed by atoms with Crippen molar-refractivity contribution >= 4 is 67.7 Å². The quantitative estimate of drug-likeness (QED) is 0.112. The molecule has 12 rings (SSSR count). The summed E-state index contributed by atoms with van der Waals surface area (Å²) in [6.45, 7) is 22.9. The second-order valence-electron chi connectivity index (χ2n) is 22.6. The van der Waals surface area contributed by atoms with Crippen LogP contribution in [0.3, 0.4) is 0 Å². The second-order valence-corrected chi connectivity index (χ2v) is 22.6. The fourth-order valence-corrected chi connectivity index (χ4v) is 10.8. The average Bonchev–Trinajstić information content (AvgIpc) is 4.04. The number of fused-ring (bicyclic) bond motifs is 1. The SMILES string of the molecule is CC(C)(C)c1cc(-c2cccc(-c3ccccc3)c2N2[CH-]N(c3[c-]c(Oc4[c-]c5c6c(c4)B(c4ccccc4)c4cccc(c46)n5-c4cc(C(C)(C)C)ccn4)ccc3)c3ccccc32)cc(C(C)(C)C)c1.[Pt]. The van der Waals surface area contributed by atoms with Gasteiger partial charge in [0.2, 0.25) is 6.71 Å². The molecule has 2 aliphatic heterocycles. The second kappa shape index (κ2) is 18.1. The normalized spacial score (nSPS) is 13.3. The van der Waals surface area contributed by atoms with E-state index in [1.54, 1.807) is 0 Å². The number of aromatic nitrogens is 2. The fraction of sp³-hybridized carbons (Fsp3) is 0.182. The van der Waals surface area contributed by atoms with Crippen LogP contribution in [0, 0.1) is 18.8 Å². The molecule has 0 saturated carbocycles. The van der Waals surface area contributed by atoms with Gasteiger partial charge in [0.05, 0.1) is 0 Å². The van der Waals surface area contributed by atoms with Crippen molar-refractivity contribution in [2.24, 2.45) is 0 Å². The summed E-state index contributed by atoms with van der Waals surface area (Å²) < 4.78 is 9.27.